The topological polar surface area (TPSA) is 216 Å². The number of nitrogens with one attached hydrogen (secondary N) is 1. The number of rotatable bonds is 9. The molecule has 2 amide bonds. The van der Waals surface area contributed by atoms with Gasteiger partial charge in [-0.3, -0.25) is 20.2 Å². The van der Waals surface area contributed by atoms with Crippen LogP contribution >= 0.6 is 34.9 Å². The second-order valence-corrected chi connectivity index (χ2v) is 10.9. The molecule has 2 fully saturated rings. The molecule has 4 heterocycles. The molecule has 0 spiro atoms. The first kappa shape index (κ1) is 25.8. The van der Waals surface area contributed by atoms with E-state index in [0.29, 0.717) is 5.16 Å². The van der Waals surface area contributed by atoms with Crippen LogP contribution < -0.4 is 27.3 Å². The molecule has 2 aliphatic heterocycles. The number of aliphatic carboxylic acids is 1. The van der Waals surface area contributed by atoms with Gasteiger partial charge in [-0.1, -0.05) is 5.16 Å². The third-order valence-corrected chi connectivity index (χ3v) is 9.00. The monoisotopic (exact) mass is 554 g/mol. The number of β-lactam (4-membered cyclic amide) rings is 1. The smallest absolute Gasteiger partial charge is 0.384 e. The van der Waals surface area contributed by atoms with Crippen molar-refractivity contribution in [2.24, 2.45) is 10.6 Å². The van der Waals surface area contributed by atoms with E-state index in [0.717, 1.165) is 23.1 Å². The number of anilines is 2. The number of nitrogen functional groups attached to an aromatic ring is 3. The summed E-state index contributed by atoms with van der Waals surface area (Å²) >= 11 is 3.57. The molecule has 8 N–H and O–H groups in total. The molecule has 4 rings (SSSR count). The summed E-state index contributed by atoms with van der Waals surface area (Å²) in [5, 5.41) is 18.3. The Morgan fingerprint density at radius 2 is 2.22 bits per heavy atom. The number of oxime groups is 1. The zero-order valence-corrected chi connectivity index (χ0v) is 21.4. The van der Waals surface area contributed by atoms with Gasteiger partial charge in [-0.25, -0.2) is 4.98 Å². The molecule has 192 valence electrons. The second-order valence-electron chi connectivity index (χ2n) is 7.96. The van der Waals surface area contributed by atoms with E-state index in [1.54, 1.807) is 12.3 Å². The molecule has 3 atom stereocenters. The van der Waals surface area contributed by atoms with Gasteiger partial charge in [0.05, 0.1) is 0 Å². The number of carbonyl (C=O) groups excluding carboxylic acids is 2. The van der Waals surface area contributed by atoms with Gasteiger partial charge in [0.15, 0.2) is 10.8 Å². The fraction of sp³-hybridized carbons (Fsp3) is 0.421. The Hall–Kier alpha value is -3.31. The highest BCUT2D eigenvalue weighted by molar-refractivity contribution is 8.00. The van der Waals surface area contributed by atoms with Crippen LogP contribution in [0, 0.1) is 5.41 Å². The quantitative estimate of drug-likeness (QED) is 0.0465. The third kappa shape index (κ3) is 4.98. The highest BCUT2D eigenvalue weighted by Crippen LogP contribution is 2.44. The Balaban J connectivity index is 1.44. The lowest BCUT2D eigenvalue weighted by Gasteiger charge is -2.53. The second kappa shape index (κ2) is 10.4. The Labute approximate surface area is 217 Å². The number of hydrogen-bond donors (Lipinski definition) is 5. The van der Waals surface area contributed by atoms with E-state index in [1.165, 1.54) is 33.6 Å². The van der Waals surface area contributed by atoms with Crippen molar-refractivity contribution < 1.29 is 29.0 Å². The van der Waals surface area contributed by atoms with Gasteiger partial charge in [-0.2, -0.15) is 0 Å². The maximum absolute atomic E-state index is 12.9. The van der Waals surface area contributed by atoms with Gasteiger partial charge in [0, 0.05) is 29.5 Å². The van der Waals surface area contributed by atoms with Crippen LogP contribution in [0.2, 0.25) is 0 Å². The number of carboxylic acid groups (broad SMARTS) is 1. The van der Waals surface area contributed by atoms with Crippen molar-refractivity contribution in [3.8, 4) is 0 Å². The molecular formula is C19H24N9O5S3+. The number of carboxylic acids is 1. The molecule has 14 nitrogen and oxygen atoms in total. The number of thiazole rings is 1. The lowest BCUT2D eigenvalue weighted by atomic mass is 9.89. The summed E-state index contributed by atoms with van der Waals surface area (Å²) in [5.74, 6) is 4.38. The minimum absolute atomic E-state index is 0.0202. The third-order valence-electron chi connectivity index (χ3n) is 5.48. The lowest BCUT2D eigenvalue weighted by molar-refractivity contribution is -0.682. The van der Waals surface area contributed by atoms with E-state index in [9.17, 15) is 19.5 Å². The Bertz CT molecular complexity index is 1220. The van der Waals surface area contributed by atoms with Gasteiger partial charge >= 0.3 is 11.1 Å². The largest absolute Gasteiger partial charge is 0.481 e. The molecule has 2 aromatic rings. The predicted molar refractivity (Wildman–Crippen MR) is 134 cm³/mol. The van der Waals surface area contributed by atoms with E-state index in [1.807, 2.05) is 0 Å². The first-order valence-electron chi connectivity index (χ1n) is 10.6. The maximum atomic E-state index is 12.9. The van der Waals surface area contributed by atoms with Gasteiger partial charge in [0.2, 0.25) is 11.7 Å². The number of hydrogen-bond acceptors (Lipinski definition) is 13. The van der Waals surface area contributed by atoms with Gasteiger partial charge in [-0.05, 0) is 23.7 Å². The van der Waals surface area contributed by atoms with Crippen LogP contribution in [0.4, 0.5) is 10.9 Å². The van der Waals surface area contributed by atoms with Crippen molar-refractivity contribution in [1.82, 2.24) is 20.2 Å². The van der Waals surface area contributed by atoms with Crippen LogP contribution in [-0.4, -0.2) is 79.5 Å². The van der Waals surface area contributed by atoms with E-state index in [2.05, 4.69) is 20.4 Å². The molecule has 0 radical (unpaired) electrons. The summed E-state index contributed by atoms with van der Waals surface area (Å²) < 4.78 is 1.26. The fourth-order valence-corrected chi connectivity index (χ4v) is 6.90. The SMILES string of the molecule is CCON=C(C(=O)NC1C(=O)N2CC(CSc3nc(N)cc[n+]3N)(C(=O)O)CS[C@H]12)c1csc(N)n1. The first-order chi connectivity index (χ1) is 17.1. The summed E-state index contributed by atoms with van der Waals surface area (Å²) in [4.78, 5) is 52.8. The normalized spacial score (nSPS) is 23.5. The number of fused-ring (bicyclic) bond motifs is 1. The minimum atomic E-state index is -1.24. The zero-order valence-electron chi connectivity index (χ0n) is 19.0. The highest BCUT2D eigenvalue weighted by atomic mass is 32.2. The number of nitrogens with zero attached hydrogens (tertiary/aromatic N) is 5. The van der Waals surface area contributed by atoms with Gasteiger partial charge in [0.1, 0.15) is 35.3 Å². The van der Waals surface area contributed by atoms with E-state index < -0.39 is 28.7 Å². The van der Waals surface area contributed by atoms with Crippen molar-refractivity contribution in [3.05, 3.63) is 23.3 Å². The predicted octanol–water partition coefficient (Wildman–Crippen LogP) is -1.29. The Morgan fingerprint density at radius 3 is 2.89 bits per heavy atom. The molecule has 36 heavy (non-hydrogen) atoms. The number of aromatic nitrogens is 3. The maximum Gasteiger partial charge on any atom is 0.384 e. The Kier molecular flexibility index (Phi) is 7.41. The summed E-state index contributed by atoms with van der Waals surface area (Å²) in [6.07, 6.45) is 1.53. The highest BCUT2D eigenvalue weighted by Gasteiger charge is 2.57. The molecule has 0 saturated carbocycles. The van der Waals surface area contributed by atoms with Crippen molar-refractivity contribution in [2.45, 2.75) is 23.5 Å². The molecule has 2 aliphatic rings. The van der Waals surface area contributed by atoms with Crippen molar-refractivity contribution in [3.63, 3.8) is 0 Å². The van der Waals surface area contributed by atoms with Crippen LogP contribution in [-0.2, 0) is 19.2 Å². The summed E-state index contributed by atoms with van der Waals surface area (Å²) in [7, 11) is 0. The zero-order chi connectivity index (χ0) is 26.0. The summed E-state index contributed by atoms with van der Waals surface area (Å²) in [6.45, 7) is 1.92. The van der Waals surface area contributed by atoms with E-state index in [4.69, 9.17) is 22.1 Å². The van der Waals surface area contributed by atoms with Crippen molar-refractivity contribution >= 4 is 69.3 Å². The summed E-state index contributed by atoms with van der Waals surface area (Å²) in [5.41, 5.74) is 10.3. The molecule has 0 aromatic carbocycles. The van der Waals surface area contributed by atoms with Crippen LogP contribution in [0.5, 0.6) is 0 Å². The van der Waals surface area contributed by atoms with Gasteiger partial charge in [-0.15, -0.1) is 27.8 Å². The van der Waals surface area contributed by atoms with E-state index >= 15 is 0 Å². The number of carbonyl (C=O) groups is 3. The molecule has 17 heteroatoms. The average molecular weight is 555 g/mol. The minimum Gasteiger partial charge on any atom is -0.481 e. The van der Waals surface area contributed by atoms with E-state index in [-0.39, 0.29) is 52.9 Å². The molecular weight excluding hydrogens is 530 g/mol. The fourth-order valence-electron chi connectivity index (χ4n) is 3.58. The molecule has 2 aromatic heterocycles. The molecule has 0 aliphatic carbocycles. The van der Waals surface area contributed by atoms with Crippen molar-refractivity contribution in [2.75, 3.05) is 42.0 Å². The molecule has 2 unspecified atom stereocenters. The standard InChI is InChI=1S/C19H23N9O5S3/c1-2-33-26-11(9-5-34-17(21)23-9)13(29)25-12-14(30)27-6-19(16(31)32,7-35-15(12)27)8-36-18-24-10(20)3-4-28(18)22/h3-5,12,15,20H,2,6-8,22H2,1H3,(H4,21,23,25,29,31,32)/p+1/t12?,15-,19?/m1/s1. The van der Waals surface area contributed by atoms with Crippen LogP contribution in [0.3, 0.4) is 0 Å². The lowest BCUT2D eigenvalue weighted by Crippen LogP contribution is -2.74. The van der Waals surface area contributed by atoms with Gasteiger partial charge in [0.25, 0.3) is 5.91 Å². The first-order valence-corrected chi connectivity index (χ1v) is 13.5. The van der Waals surface area contributed by atoms with Crippen LogP contribution in [0.25, 0.3) is 0 Å². The Morgan fingerprint density at radius 1 is 1.44 bits per heavy atom. The van der Waals surface area contributed by atoms with Crippen molar-refractivity contribution in [1.29, 1.82) is 0 Å². The summed E-state index contributed by atoms with van der Waals surface area (Å²) in [6, 6.07) is 0.686. The molecule has 2 saturated heterocycles. The average Bonchev–Trinajstić information content (AvgIpc) is 3.28. The molecule has 0 bridgehead atoms. The number of amides is 2. The van der Waals surface area contributed by atoms with Crippen LogP contribution in [0.1, 0.15) is 12.6 Å². The number of thioether (sulfide) groups is 2. The number of nitrogens with two attached hydrogens (primary N) is 3. The van der Waals surface area contributed by atoms with Crippen LogP contribution in [0.15, 0.2) is 28.0 Å². The van der Waals surface area contributed by atoms with Gasteiger partial charge < -0.3 is 31.6 Å².